The molecule has 0 aliphatic carbocycles. The van der Waals surface area contributed by atoms with E-state index in [4.69, 9.17) is 14.2 Å². The Morgan fingerprint density at radius 2 is 1.67 bits per heavy atom. The fourth-order valence-corrected chi connectivity index (χ4v) is 3.00. The summed E-state index contributed by atoms with van der Waals surface area (Å²) in [6, 6.07) is 8.25. The molecule has 1 amide bonds. The third kappa shape index (κ3) is 6.61. The van der Waals surface area contributed by atoms with Gasteiger partial charge >= 0.3 is 0 Å². The largest absolute Gasteiger partial charge is 0.494 e. The van der Waals surface area contributed by atoms with Crippen molar-refractivity contribution in [1.82, 2.24) is 9.97 Å². The van der Waals surface area contributed by atoms with Crippen molar-refractivity contribution in [1.29, 1.82) is 0 Å². The van der Waals surface area contributed by atoms with Crippen molar-refractivity contribution < 1.29 is 19.0 Å². The van der Waals surface area contributed by atoms with Crippen molar-refractivity contribution in [3.63, 3.8) is 0 Å². The Morgan fingerprint density at radius 3 is 2.23 bits per heavy atom. The molecule has 7 nitrogen and oxygen atoms in total. The average Bonchev–Trinajstić information content (AvgIpc) is 2.76. The van der Waals surface area contributed by atoms with E-state index in [2.05, 4.69) is 34.3 Å². The van der Waals surface area contributed by atoms with E-state index >= 15 is 0 Å². The molecule has 0 atom stereocenters. The zero-order chi connectivity index (χ0) is 22.0. The van der Waals surface area contributed by atoms with Gasteiger partial charge in [-0.2, -0.15) is 9.97 Å². The first kappa shape index (κ1) is 23.4. The second-order valence-corrected chi connectivity index (χ2v) is 7.80. The van der Waals surface area contributed by atoms with Gasteiger partial charge in [-0.3, -0.25) is 4.79 Å². The second kappa shape index (κ2) is 11.4. The Hall–Kier alpha value is -2.83. The summed E-state index contributed by atoms with van der Waals surface area (Å²) in [6.07, 6.45) is 6.22. The number of carbonyl (C=O) groups excluding carboxylic acids is 1. The molecular formula is C23H33N3O4. The molecule has 1 aromatic heterocycles. The van der Waals surface area contributed by atoms with E-state index in [1.54, 1.807) is 0 Å². The molecule has 0 fully saturated rings. The van der Waals surface area contributed by atoms with Crippen molar-refractivity contribution in [3.05, 3.63) is 36.2 Å². The molecular weight excluding hydrogens is 382 g/mol. The van der Waals surface area contributed by atoms with Crippen molar-refractivity contribution in [2.75, 3.05) is 26.1 Å². The Balaban J connectivity index is 1.86. The van der Waals surface area contributed by atoms with E-state index in [0.717, 1.165) is 18.6 Å². The molecule has 0 saturated carbocycles. The lowest BCUT2D eigenvalue weighted by Gasteiger charge is -2.24. The summed E-state index contributed by atoms with van der Waals surface area (Å²) in [5.41, 5.74) is 1.05. The standard InChI is InChI=1S/C23H33N3O4/c1-6-7-9-17-10-12-18(13-11-17)30-15-8-14-23(2,3)22(27)26-19-20(28-4)24-16-25-21(19)29-5/h10-13,16H,6-9,14-15H2,1-5H3,(H,26,27). The molecule has 1 N–H and O–H groups in total. The predicted octanol–water partition coefficient (Wildman–Crippen LogP) is 4.66. The highest BCUT2D eigenvalue weighted by Gasteiger charge is 2.29. The lowest BCUT2D eigenvalue weighted by Crippen LogP contribution is -2.31. The minimum absolute atomic E-state index is 0.158. The van der Waals surface area contributed by atoms with Crippen molar-refractivity contribution in [2.24, 2.45) is 5.41 Å². The monoisotopic (exact) mass is 415 g/mol. The lowest BCUT2D eigenvalue weighted by molar-refractivity contribution is -0.124. The van der Waals surface area contributed by atoms with Gasteiger partial charge in [0.05, 0.1) is 20.8 Å². The normalized spacial score (nSPS) is 11.1. The van der Waals surface area contributed by atoms with E-state index in [9.17, 15) is 4.79 Å². The van der Waals surface area contributed by atoms with Gasteiger partial charge in [0.1, 0.15) is 12.1 Å². The van der Waals surface area contributed by atoms with Crippen LogP contribution >= 0.6 is 0 Å². The van der Waals surface area contributed by atoms with E-state index in [1.807, 2.05) is 26.0 Å². The lowest BCUT2D eigenvalue weighted by atomic mass is 9.87. The molecule has 1 heterocycles. The molecule has 0 bridgehead atoms. The molecule has 2 rings (SSSR count). The summed E-state index contributed by atoms with van der Waals surface area (Å²) < 4.78 is 16.3. The summed E-state index contributed by atoms with van der Waals surface area (Å²) in [5, 5.41) is 2.85. The maximum atomic E-state index is 12.8. The van der Waals surface area contributed by atoms with Crippen LogP contribution in [0.1, 0.15) is 52.0 Å². The number of hydrogen-bond acceptors (Lipinski definition) is 6. The minimum Gasteiger partial charge on any atom is -0.494 e. The van der Waals surface area contributed by atoms with Gasteiger partial charge in [0.15, 0.2) is 5.69 Å². The zero-order valence-electron chi connectivity index (χ0n) is 18.7. The number of hydrogen-bond donors (Lipinski definition) is 1. The zero-order valence-corrected chi connectivity index (χ0v) is 18.7. The first-order chi connectivity index (χ1) is 14.4. The van der Waals surface area contributed by atoms with Crippen LogP contribution in [-0.2, 0) is 11.2 Å². The highest BCUT2D eigenvalue weighted by molar-refractivity contribution is 5.96. The summed E-state index contributed by atoms with van der Waals surface area (Å²) in [5.74, 6) is 1.22. The van der Waals surface area contributed by atoms with Gasteiger partial charge in [-0.1, -0.05) is 39.3 Å². The van der Waals surface area contributed by atoms with Crippen LogP contribution in [0.2, 0.25) is 0 Å². The summed E-state index contributed by atoms with van der Waals surface area (Å²) in [7, 11) is 2.96. The Bertz CT molecular complexity index is 784. The van der Waals surface area contributed by atoms with E-state index < -0.39 is 5.41 Å². The van der Waals surface area contributed by atoms with Crippen LogP contribution in [-0.4, -0.2) is 36.7 Å². The second-order valence-electron chi connectivity index (χ2n) is 7.80. The molecule has 1 aromatic carbocycles. The third-order valence-electron chi connectivity index (χ3n) is 4.97. The number of ether oxygens (including phenoxy) is 3. The summed E-state index contributed by atoms with van der Waals surface area (Å²) in [4.78, 5) is 20.9. The molecule has 2 aromatic rings. The smallest absolute Gasteiger partial charge is 0.244 e. The first-order valence-corrected chi connectivity index (χ1v) is 10.4. The molecule has 0 aliphatic heterocycles. The van der Waals surface area contributed by atoms with Gasteiger partial charge in [-0.05, 0) is 43.4 Å². The predicted molar refractivity (Wildman–Crippen MR) is 117 cm³/mol. The SMILES string of the molecule is CCCCc1ccc(OCCCC(C)(C)C(=O)Nc2c(OC)ncnc2OC)cc1. The summed E-state index contributed by atoms with van der Waals surface area (Å²) >= 11 is 0. The van der Waals surface area contributed by atoms with E-state index in [0.29, 0.717) is 18.7 Å². The molecule has 0 unspecified atom stereocenters. The topological polar surface area (TPSA) is 82.6 Å². The van der Waals surface area contributed by atoms with Gasteiger partial charge < -0.3 is 19.5 Å². The van der Waals surface area contributed by atoms with Crippen molar-refractivity contribution in [3.8, 4) is 17.5 Å². The van der Waals surface area contributed by atoms with Crippen LogP contribution in [0.3, 0.4) is 0 Å². The number of aromatic nitrogens is 2. The number of unbranched alkanes of at least 4 members (excludes halogenated alkanes) is 1. The molecule has 164 valence electrons. The van der Waals surface area contributed by atoms with Gasteiger partial charge in [-0.25, -0.2) is 0 Å². The van der Waals surface area contributed by atoms with Crippen LogP contribution in [0, 0.1) is 5.41 Å². The Kier molecular flexibility index (Phi) is 8.89. The number of anilines is 1. The Morgan fingerprint density at radius 1 is 1.03 bits per heavy atom. The van der Waals surface area contributed by atoms with E-state index in [-0.39, 0.29) is 17.7 Å². The number of aryl methyl sites for hydroxylation is 1. The molecule has 7 heteroatoms. The van der Waals surface area contributed by atoms with E-state index in [1.165, 1.54) is 39.0 Å². The van der Waals surface area contributed by atoms with Crippen molar-refractivity contribution in [2.45, 2.75) is 52.9 Å². The number of benzene rings is 1. The fourth-order valence-electron chi connectivity index (χ4n) is 3.00. The number of nitrogens with one attached hydrogen (secondary N) is 1. The molecule has 0 spiro atoms. The van der Waals surface area contributed by atoms with Crippen LogP contribution in [0.5, 0.6) is 17.5 Å². The van der Waals surface area contributed by atoms with Crippen LogP contribution in [0.15, 0.2) is 30.6 Å². The first-order valence-electron chi connectivity index (χ1n) is 10.4. The maximum absolute atomic E-state index is 12.8. The average molecular weight is 416 g/mol. The van der Waals surface area contributed by atoms with Gasteiger partial charge in [-0.15, -0.1) is 0 Å². The molecule has 0 aliphatic rings. The number of methoxy groups -OCH3 is 2. The number of amides is 1. The maximum Gasteiger partial charge on any atom is 0.244 e. The van der Waals surface area contributed by atoms with Gasteiger partial charge in [0.25, 0.3) is 0 Å². The summed E-state index contributed by atoms with van der Waals surface area (Å²) in [6.45, 7) is 6.53. The van der Waals surface area contributed by atoms with Gasteiger partial charge in [0.2, 0.25) is 17.7 Å². The Labute approximate surface area is 179 Å². The molecule has 30 heavy (non-hydrogen) atoms. The van der Waals surface area contributed by atoms with Crippen LogP contribution in [0.25, 0.3) is 0 Å². The number of rotatable bonds is 12. The molecule has 0 radical (unpaired) electrons. The van der Waals surface area contributed by atoms with Crippen LogP contribution < -0.4 is 19.5 Å². The van der Waals surface area contributed by atoms with Gasteiger partial charge in [0, 0.05) is 5.41 Å². The minimum atomic E-state index is -0.612. The third-order valence-corrected chi connectivity index (χ3v) is 4.97. The highest BCUT2D eigenvalue weighted by atomic mass is 16.5. The number of nitrogens with zero attached hydrogens (tertiary/aromatic N) is 2. The van der Waals surface area contributed by atoms with Crippen molar-refractivity contribution >= 4 is 11.6 Å². The highest BCUT2D eigenvalue weighted by Crippen LogP contribution is 2.33. The fraction of sp³-hybridized carbons (Fsp3) is 0.522. The number of carbonyl (C=O) groups is 1. The molecule has 0 saturated heterocycles. The van der Waals surface area contributed by atoms with Crippen LogP contribution in [0.4, 0.5) is 5.69 Å². The quantitative estimate of drug-likeness (QED) is 0.508.